The van der Waals surface area contributed by atoms with Crippen molar-refractivity contribution in [3.8, 4) is 5.95 Å². The molecule has 1 aliphatic rings. The zero-order valence-electron chi connectivity index (χ0n) is 16.4. The van der Waals surface area contributed by atoms with E-state index in [0.717, 1.165) is 43.4 Å². The molecular weight excluding hydrogens is 368 g/mol. The molecule has 3 aromatic rings. The summed E-state index contributed by atoms with van der Waals surface area (Å²) in [6.45, 7) is 2.38. The van der Waals surface area contributed by atoms with Crippen LogP contribution < -0.4 is 16.2 Å². The second-order valence-electron chi connectivity index (χ2n) is 7.22. The molecule has 0 atom stereocenters. The molecule has 1 aliphatic carbocycles. The summed E-state index contributed by atoms with van der Waals surface area (Å²) >= 11 is 0. The van der Waals surface area contributed by atoms with Crippen molar-refractivity contribution >= 4 is 11.8 Å². The van der Waals surface area contributed by atoms with Crippen molar-refractivity contribution in [2.75, 3.05) is 11.9 Å². The largest absolute Gasteiger partial charge is 0.338 e. The number of nitrogens with zero attached hydrogens (tertiary/aromatic N) is 3. The molecule has 8 heteroatoms. The molecule has 150 valence electrons. The van der Waals surface area contributed by atoms with Crippen LogP contribution in [-0.2, 0) is 19.3 Å². The number of benzene rings is 1. The van der Waals surface area contributed by atoms with Crippen molar-refractivity contribution in [2.24, 2.45) is 0 Å². The molecule has 0 unspecified atom stereocenters. The van der Waals surface area contributed by atoms with Gasteiger partial charge in [-0.2, -0.15) is 9.78 Å². The molecule has 0 saturated heterocycles. The Morgan fingerprint density at radius 1 is 1.24 bits per heavy atom. The number of carbonyl (C=O) groups excluding carboxylic acids is 1. The maximum absolute atomic E-state index is 12.3. The van der Waals surface area contributed by atoms with Crippen LogP contribution in [0.2, 0.25) is 0 Å². The van der Waals surface area contributed by atoms with Crippen molar-refractivity contribution in [1.82, 2.24) is 25.1 Å². The highest BCUT2D eigenvalue weighted by Crippen LogP contribution is 2.19. The average Bonchev–Trinajstić information content (AvgIpc) is 3.32. The number of amides is 2. The molecule has 2 aromatic heterocycles. The molecule has 8 nitrogen and oxygen atoms in total. The van der Waals surface area contributed by atoms with Gasteiger partial charge in [0.15, 0.2) is 0 Å². The molecule has 0 saturated carbocycles. The predicted molar refractivity (Wildman–Crippen MR) is 111 cm³/mol. The van der Waals surface area contributed by atoms with Gasteiger partial charge in [0.05, 0.1) is 11.4 Å². The number of aromatic nitrogens is 4. The quantitative estimate of drug-likeness (QED) is 0.561. The van der Waals surface area contributed by atoms with Gasteiger partial charge in [-0.25, -0.2) is 9.78 Å². The van der Waals surface area contributed by atoms with E-state index in [0.29, 0.717) is 24.0 Å². The minimum absolute atomic E-state index is 0.132. The van der Waals surface area contributed by atoms with Crippen molar-refractivity contribution in [1.29, 1.82) is 0 Å². The molecular formula is C21H24N6O2. The molecule has 0 radical (unpaired) electrons. The highest BCUT2D eigenvalue weighted by Gasteiger charge is 2.19. The van der Waals surface area contributed by atoms with E-state index < -0.39 is 0 Å². The Labute approximate surface area is 168 Å². The number of hydrogen-bond acceptors (Lipinski definition) is 4. The lowest BCUT2D eigenvalue weighted by Gasteiger charge is -2.10. The summed E-state index contributed by atoms with van der Waals surface area (Å²) in [5.74, 6) is 0.785. The number of anilines is 1. The minimum Gasteiger partial charge on any atom is -0.338 e. The van der Waals surface area contributed by atoms with Crippen LogP contribution in [-0.4, -0.2) is 32.3 Å². The summed E-state index contributed by atoms with van der Waals surface area (Å²) in [4.78, 5) is 31.9. The molecule has 2 amide bonds. The second kappa shape index (κ2) is 8.30. The number of nitrogens with one attached hydrogen (secondary N) is 3. The van der Waals surface area contributed by atoms with Crippen LogP contribution in [0.15, 0.2) is 41.2 Å². The van der Waals surface area contributed by atoms with Gasteiger partial charge in [-0.3, -0.25) is 15.1 Å². The third-order valence-electron chi connectivity index (χ3n) is 4.97. The van der Waals surface area contributed by atoms with Crippen LogP contribution in [0.5, 0.6) is 0 Å². The Hall–Kier alpha value is -3.42. The maximum atomic E-state index is 12.3. The summed E-state index contributed by atoms with van der Waals surface area (Å²) in [7, 11) is 0. The highest BCUT2D eigenvalue weighted by atomic mass is 16.2. The van der Waals surface area contributed by atoms with Crippen molar-refractivity contribution < 1.29 is 4.79 Å². The van der Waals surface area contributed by atoms with Gasteiger partial charge in [-0.05, 0) is 44.6 Å². The molecule has 0 spiro atoms. The Balaban J connectivity index is 1.40. The summed E-state index contributed by atoms with van der Waals surface area (Å²) in [5.41, 5.74) is 3.39. The van der Waals surface area contributed by atoms with E-state index in [2.05, 4.69) is 37.8 Å². The number of aryl methyl sites for hydroxylation is 3. The van der Waals surface area contributed by atoms with Gasteiger partial charge in [-0.1, -0.05) is 30.3 Å². The minimum atomic E-state index is -0.317. The summed E-state index contributed by atoms with van der Waals surface area (Å²) in [6.07, 6.45) is 4.22. The molecule has 0 bridgehead atoms. The summed E-state index contributed by atoms with van der Waals surface area (Å²) < 4.78 is 1.47. The number of carbonyl (C=O) groups is 1. The fourth-order valence-electron chi connectivity index (χ4n) is 3.58. The maximum Gasteiger partial charge on any atom is 0.320 e. The number of fused-ring (bicyclic) bond motifs is 1. The first-order chi connectivity index (χ1) is 14.1. The first kappa shape index (κ1) is 18.9. The van der Waals surface area contributed by atoms with E-state index in [4.69, 9.17) is 0 Å². The molecule has 1 aromatic carbocycles. The normalized spacial score (nSPS) is 12.6. The zero-order valence-corrected chi connectivity index (χ0v) is 16.4. The van der Waals surface area contributed by atoms with Gasteiger partial charge in [0, 0.05) is 18.2 Å². The third kappa shape index (κ3) is 4.37. The van der Waals surface area contributed by atoms with Gasteiger partial charge in [0.1, 0.15) is 5.82 Å². The zero-order chi connectivity index (χ0) is 20.2. The Morgan fingerprint density at radius 3 is 2.90 bits per heavy atom. The van der Waals surface area contributed by atoms with Crippen LogP contribution >= 0.6 is 0 Å². The van der Waals surface area contributed by atoms with E-state index in [-0.39, 0.29) is 11.6 Å². The second-order valence-corrected chi connectivity index (χ2v) is 7.22. The Bertz CT molecular complexity index is 1070. The van der Waals surface area contributed by atoms with Crippen molar-refractivity contribution in [3.63, 3.8) is 0 Å². The SMILES string of the molecule is Cc1cc(NC(=O)NCCCc2ccccc2)n(-c2nc3c(c(=O)[nH]2)CCC3)n1. The fourth-order valence-corrected chi connectivity index (χ4v) is 3.58. The number of rotatable bonds is 6. The lowest BCUT2D eigenvalue weighted by atomic mass is 10.1. The first-order valence-electron chi connectivity index (χ1n) is 9.88. The van der Waals surface area contributed by atoms with Gasteiger partial charge in [0.2, 0.25) is 5.95 Å². The standard InChI is InChI=1S/C21H24N6O2/c1-14-13-18(24-21(29)22-12-6-9-15-7-3-2-4-8-15)27(26-14)20-23-17-11-5-10-16(17)19(28)25-20/h2-4,7-8,13H,5-6,9-12H2,1H3,(H2,22,24,29)(H,23,25,28). The van der Waals surface area contributed by atoms with Crippen LogP contribution in [0.4, 0.5) is 10.6 Å². The lowest BCUT2D eigenvalue weighted by molar-refractivity contribution is 0.252. The summed E-state index contributed by atoms with van der Waals surface area (Å²) in [6, 6.07) is 11.6. The number of hydrogen-bond donors (Lipinski definition) is 3. The van der Waals surface area contributed by atoms with Gasteiger partial charge >= 0.3 is 6.03 Å². The van der Waals surface area contributed by atoms with Gasteiger partial charge in [0.25, 0.3) is 5.56 Å². The Kier molecular flexibility index (Phi) is 5.41. The van der Waals surface area contributed by atoms with Crippen LogP contribution in [0.3, 0.4) is 0 Å². The van der Waals surface area contributed by atoms with E-state index in [1.165, 1.54) is 10.2 Å². The number of aromatic amines is 1. The van der Waals surface area contributed by atoms with Crippen LogP contribution in [0.1, 0.15) is 35.4 Å². The van der Waals surface area contributed by atoms with Gasteiger partial charge < -0.3 is 5.32 Å². The van der Waals surface area contributed by atoms with E-state index in [9.17, 15) is 9.59 Å². The van der Waals surface area contributed by atoms with E-state index >= 15 is 0 Å². The average molecular weight is 392 g/mol. The summed E-state index contributed by atoms with van der Waals surface area (Å²) in [5, 5.41) is 10.0. The number of H-pyrrole nitrogens is 1. The topological polar surface area (TPSA) is 105 Å². The van der Waals surface area contributed by atoms with Gasteiger partial charge in [-0.15, -0.1) is 0 Å². The molecule has 3 N–H and O–H groups in total. The molecule has 0 aliphatic heterocycles. The third-order valence-corrected chi connectivity index (χ3v) is 4.97. The van der Waals surface area contributed by atoms with Crippen molar-refractivity contribution in [3.05, 3.63) is 69.3 Å². The molecule has 4 rings (SSSR count). The monoisotopic (exact) mass is 392 g/mol. The molecule has 0 fully saturated rings. The Morgan fingerprint density at radius 2 is 2.07 bits per heavy atom. The number of urea groups is 1. The van der Waals surface area contributed by atoms with Crippen molar-refractivity contribution in [2.45, 2.75) is 39.0 Å². The fraction of sp³-hybridized carbons (Fsp3) is 0.333. The first-order valence-corrected chi connectivity index (χ1v) is 9.88. The lowest BCUT2D eigenvalue weighted by Crippen LogP contribution is -2.31. The highest BCUT2D eigenvalue weighted by molar-refractivity contribution is 5.88. The molecule has 29 heavy (non-hydrogen) atoms. The van der Waals surface area contributed by atoms with Crippen LogP contribution in [0.25, 0.3) is 5.95 Å². The smallest absolute Gasteiger partial charge is 0.320 e. The predicted octanol–water partition coefficient (Wildman–Crippen LogP) is 2.51. The molecule has 2 heterocycles. The van der Waals surface area contributed by atoms with E-state index in [1.807, 2.05) is 25.1 Å². The van der Waals surface area contributed by atoms with Crippen LogP contribution in [0, 0.1) is 6.92 Å². The van der Waals surface area contributed by atoms with E-state index in [1.54, 1.807) is 6.07 Å².